The number of carbonyl (C=O) groups excluding carboxylic acids is 1. The Morgan fingerprint density at radius 1 is 1.53 bits per heavy atom. The van der Waals surface area contributed by atoms with Gasteiger partial charge in [-0.2, -0.15) is 0 Å². The number of likely N-dealkylation sites (N-methyl/N-ethyl adjacent to an activating group) is 1. The molecule has 2 N–H and O–H groups in total. The average molecular weight is 238 g/mol. The van der Waals surface area contributed by atoms with Gasteiger partial charge in [-0.05, 0) is 12.1 Å². The Balaban J connectivity index is 2.51. The van der Waals surface area contributed by atoms with Crippen molar-refractivity contribution in [3.8, 4) is 0 Å². The van der Waals surface area contributed by atoms with Gasteiger partial charge in [-0.25, -0.2) is 9.18 Å². The molecule has 92 valence electrons. The minimum absolute atomic E-state index is 0.0963. The van der Waals surface area contributed by atoms with Crippen molar-refractivity contribution in [2.45, 2.75) is 0 Å². The summed E-state index contributed by atoms with van der Waals surface area (Å²) in [4.78, 5) is 12.7. The molecule has 0 radical (unpaired) electrons. The Morgan fingerprint density at radius 3 is 2.88 bits per heavy atom. The first-order valence-corrected chi connectivity index (χ1v) is 5.18. The zero-order valence-corrected chi connectivity index (χ0v) is 9.56. The highest BCUT2D eigenvalue weighted by molar-refractivity contribution is 5.75. The molecule has 0 fully saturated rings. The van der Waals surface area contributed by atoms with Gasteiger partial charge in [-0.15, -0.1) is 0 Å². The molecule has 0 aliphatic rings. The third-order valence-corrected chi connectivity index (χ3v) is 2.16. The molecular weight excluding hydrogens is 223 g/mol. The largest absolute Gasteiger partial charge is 0.395 e. The molecule has 0 bridgehead atoms. The van der Waals surface area contributed by atoms with Crippen molar-refractivity contribution in [3.05, 3.63) is 41.8 Å². The number of halogens is 1. The second-order valence-corrected chi connectivity index (χ2v) is 3.45. The standard InChI is InChI=1S/C12H15FN2O2/c1-15(8-9-16)12(17)14-7-6-10-4-2-3-5-11(10)13/h2-7,16H,8-9H2,1H3,(H,14,17)/b7-6+. The SMILES string of the molecule is CN(CCO)C(=O)N/C=C/c1ccccc1F. The Morgan fingerprint density at radius 2 is 2.24 bits per heavy atom. The van der Waals surface area contributed by atoms with Crippen LogP contribution in [0.3, 0.4) is 0 Å². The molecule has 0 atom stereocenters. The fourth-order valence-corrected chi connectivity index (χ4v) is 1.17. The summed E-state index contributed by atoms with van der Waals surface area (Å²) in [5, 5.41) is 11.1. The monoisotopic (exact) mass is 238 g/mol. The van der Waals surface area contributed by atoms with Crippen molar-refractivity contribution in [2.24, 2.45) is 0 Å². The van der Waals surface area contributed by atoms with E-state index in [1.165, 1.54) is 23.2 Å². The van der Waals surface area contributed by atoms with Gasteiger partial charge >= 0.3 is 6.03 Å². The molecule has 0 unspecified atom stereocenters. The van der Waals surface area contributed by atoms with Crippen LogP contribution in [0, 0.1) is 5.82 Å². The van der Waals surface area contributed by atoms with E-state index in [-0.39, 0.29) is 25.0 Å². The van der Waals surface area contributed by atoms with Gasteiger partial charge in [-0.3, -0.25) is 0 Å². The smallest absolute Gasteiger partial charge is 0.321 e. The Hall–Kier alpha value is -1.88. The third-order valence-electron chi connectivity index (χ3n) is 2.16. The lowest BCUT2D eigenvalue weighted by Crippen LogP contribution is -2.36. The number of aliphatic hydroxyl groups excluding tert-OH is 1. The molecule has 0 spiro atoms. The molecule has 5 heteroatoms. The summed E-state index contributed by atoms with van der Waals surface area (Å²) in [6, 6.07) is 5.91. The highest BCUT2D eigenvalue weighted by Crippen LogP contribution is 2.07. The Labute approximate surface area is 99.4 Å². The summed E-state index contributed by atoms with van der Waals surface area (Å²) in [7, 11) is 1.56. The van der Waals surface area contributed by atoms with Gasteiger partial charge in [0.1, 0.15) is 5.82 Å². The van der Waals surface area contributed by atoms with Crippen LogP contribution in [0.5, 0.6) is 0 Å². The fourth-order valence-electron chi connectivity index (χ4n) is 1.17. The van der Waals surface area contributed by atoms with E-state index < -0.39 is 0 Å². The molecule has 0 aliphatic carbocycles. The van der Waals surface area contributed by atoms with Crippen molar-refractivity contribution in [3.63, 3.8) is 0 Å². The molecule has 0 aliphatic heterocycles. The van der Waals surface area contributed by atoms with Gasteiger partial charge in [0.15, 0.2) is 0 Å². The minimum Gasteiger partial charge on any atom is -0.395 e. The molecule has 0 saturated carbocycles. The molecular formula is C12H15FN2O2. The number of benzene rings is 1. The topological polar surface area (TPSA) is 52.6 Å². The summed E-state index contributed by atoms with van der Waals surface area (Å²) in [6.45, 7) is 0.153. The van der Waals surface area contributed by atoms with E-state index in [4.69, 9.17) is 5.11 Å². The van der Waals surface area contributed by atoms with Gasteiger partial charge in [-0.1, -0.05) is 18.2 Å². The van der Waals surface area contributed by atoms with Crippen molar-refractivity contribution in [1.82, 2.24) is 10.2 Å². The highest BCUT2D eigenvalue weighted by atomic mass is 19.1. The van der Waals surface area contributed by atoms with E-state index in [1.54, 1.807) is 25.2 Å². The van der Waals surface area contributed by atoms with Crippen LogP contribution in [-0.2, 0) is 0 Å². The zero-order valence-electron chi connectivity index (χ0n) is 9.56. The van der Waals surface area contributed by atoms with Crippen LogP contribution >= 0.6 is 0 Å². The summed E-state index contributed by atoms with van der Waals surface area (Å²) in [5.74, 6) is -0.346. The van der Waals surface area contributed by atoms with Gasteiger partial charge in [0.25, 0.3) is 0 Å². The van der Waals surface area contributed by atoms with Crippen LogP contribution in [0.15, 0.2) is 30.5 Å². The number of hydrogen-bond acceptors (Lipinski definition) is 2. The van der Waals surface area contributed by atoms with Crippen LogP contribution in [-0.4, -0.2) is 36.2 Å². The van der Waals surface area contributed by atoms with Gasteiger partial charge in [0.05, 0.1) is 6.61 Å². The normalized spacial score (nSPS) is 10.5. The summed E-state index contributed by atoms with van der Waals surface area (Å²) >= 11 is 0. The second kappa shape index (κ2) is 6.65. The van der Waals surface area contributed by atoms with E-state index >= 15 is 0 Å². The maximum atomic E-state index is 13.2. The molecule has 1 aromatic rings. The molecule has 0 heterocycles. The first-order valence-electron chi connectivity index (χ1n) is 5.18. The van der Waals surface area contributed by atoms with Crippen molar-refractivity contribution in [1.29, 1.82) is 0 Å². The van der Waals surface area contributed by atoms with Gasteiger partial charge < -0.3 is 15.3 Å². The molecule has 1 aromatic carbocycles. The number of nitrogens with zero attached hydrogens (tertiary/aromatic N) is 1. The van der Waals surface area contributed by atoms with E-state index in [0.29, 0.717) is 5.56 Å². The Kier molecular flexibility index (Phi) is 5.16. The van der Waals surface area contributed by atoms with E-state index in [0.717, 1.165) is 0 Å². The molecule has 0 aromatic heterocycles. The predicted molar refractivity (Wildman–Crippen MR) is 63.7 cm³/mol. The number of aliphatic hydroxyl groups is 1. The maximum Gasteiger partial charge on any atom is 0.321 e. The second-order valence-electron chi connectivity index (χ2n) is 3.45. The van der Waals surface area contributed by atoms with E-state index in [1.807, 2.05) is 0 Å². The number of urea groups is 1. The van der Waals surface area contributed by atoms with Crippen LogP contribution in [0.1, 0.15) is 5.56 Å². The predicted octanol–water partition coefficient (Wildman–Crippen LogP) is 1.43. The minimum atomic E-state index is -0.355. The van der Waals surface area contributed by atoms with Crippen LogP contribution in [0.25, 0.3) is 6.08 Å². The number of amides is 2. The van der Waals surface area contributed by atoms with E-state index in [9.17, 15) is 9.18 Å². The zero-order chi connectivity index (χ0) is 12.7. The first kappa shape index (κ1) is 13.2. The molecule has 4 nitrogen and oxygen atoms in total. The van der Waals surface area contributed by atoms with Gasteiger partial charge in [0.2, 0.25) is 0 Å². The number of hydrogen-bond donors (Lipinski definition) is 2. The van der Waals surface area contributed by atoms with Crippen molar-refractivity contribution in [2.75, 3.05) is 20.2 Å². The number of carbonyl (C=O) groups is 1. The lowest BCUT2D eigenvalue weighted by atomic mass is 10.2. The summed E-state index contributed by atoms with van der Waals surface area (Å²) < 4.78 is 13.2. The molecule has 0 saturated heterocycles. The fraction of sp³-hybridized carbons (Fsp3) is 0.250. The highest BCUT2D eigenvalue weighted by Gasteiger charge is 2.04. The van der Waals surface area contributed by atoms with E-state index in [2.05, 4.69) is 5.32 Å². The maximum absolute atomic E-state index is 13.2. The summed E-state index contributed by atoms with van der Waals surface area (Å²) in [6.07, 6.45) is 2.84. The lowest BCUT2D eigenvalue weighted by Gasteiger charge is -2.14. The first-order chi connectivity index (χ1) is 8.15. The van der Waals surface area contributed by atoms with Crippen molar-refractivity contribution < 1.29 is 14.3 Å². The summed E-state index contributed by atoms with van der Waals surface area (Å²) in [5.41, 5.74) is 0.401. The third kappa shape index (κ3) is 4.24. The van der Waals surface area contributed by atoms with Crippen LogP contribution < -0.4 is 5.32 Å². The molecule has 1 rings (SSSR count). The number of rotatable bonds is 4. The number of nitrogens with one attached hydrogen (secondary N) is 1. The Bertz CT molecular complexity index is 407. The molecule has 2 amide bonds. The average Bonchev–Trinajstić information content (AvgIpc) is 2.31. The molecule has 17 heavy (non-hydrogen) atoms. The van der Waals surface area contributed by atoms with Crippen LogP contribution in [0.2, 0.25) is 0 Å². The lowest BCUT2D eigenvalue weighted by molar-refractivity contribution is 0.194. The quantitative estimate of drug-likeness (QED) is 0.833. The van der Waals surface area contributed by atoms with Gasteiger partial charge in [0, 0.05) is 25.4 Å². The van der Waals surface area contributed by atoms with Crippen molar-refractivity contribution >= 4 is 12.1 Å². The van der Waals surface area contributed by atoms with Crippen LogP contribution in [0.4, 0.5) is 9.18 Å².